The molecule has 2 rings (SSSR count). The summed E-state index contributed by atoms with van der Waals surface area (Å²) in [6, 6.07) is 0. The van der Waals surface area contributed by atoms with E-state index in [1.807, 2.05) is 5.38 Å². The fraction of sp³-hybridized carbons (Fsp3) is 0.455. The Morgan fingerprint density at radius 2 is 2.56 bits per heavy atom. The molecule has 4 nitrogen and oxygen atoms in total. The topological polar surface area (TPSA) is 53.4 Å². The van der Waals surface area contributed by atoms with E-state index in [9.17, 15) is 4.79 Å². The minimum Gasteiger partial charge on any atom is -0.478 e. The molecule has 1 saturated heterocycles. The number of rotatable bonds is 3. The molecule has 1 N–H and O–H groups in total. The number of hydrogen-bond donors (Lipinski definition) is 1. The van der Waals surface area contributed by atoms with Crippen LogP contribution in [0.15, 0.2) is 11.5 Å². The van der Waals surface area contributed by atoms with Gasteiger partial charge in [0.1, 0.15) is 0 Å². The number of aromatic nitrogens is 1. The van der Waals surface area contributed by atoms with Gasteiger partial charge in [-0.1, -0.05) is 0 Å². The van der Waals surface area contributed by atoms with Crippen molar-refractivity contribution in [3.05, 3.63) is 22.2 Å². The smallest absolute Gasteiger partial charge is 0.328 e. The van der Waals surface area contributed by atoms with Crippen LogP contribution in [-0.4, -0.2) is 41.1 Å². The summed E-state index contributed by atoms with van der Waals surface area (Å²) >= 11 is 1.62. The molecule has 1 unspecified atom stereocenters. The summed E-state index contributed by atoms with van der Waals surface area (Å²) in [4.78, 5) is 17.1. The number of carboxylic acid groups (broad SMARTS) is 1. The molecule has 2 heterocycles. The van der Waals surface area contributed by atoms with Crippen molar-refractivity contribution in [2.75, 3.05) is 20.1 Å². The Labute approximate surface area is 98.2 Å². The van der Waals surface area contributed by atoms with E-state index in [0.29, 0.717) is 5.92 Å². The number of likely N-dealkylation sites (N-methyl/N-ethyl adjacent to an activating group) is 1. The maximum absolute atomic E-state index is 10.4. The molecule has 1 fully saturated rings. The van der Waals surface area contributed by atoms with Gasteiger partial charge in [0.25, 0.3) is 0 Å². The second-order valence-corrected chi connectivity index (χ2v) is 4.92. The second-order valence-electron chi connectivity index (χ2n) is 4.03. The van der Waals surface area contributed by atoms with Crippen molar-refractivity contribution in [1.29, 1.82) is 0 Å². The van der Waals surface area contributed by atoms with Crippen LogP contribution in [0.3, 0.4) is 0 Å². The van der Waals surface area contributed by atoms with E-state index in [-0.39, 0.29) is 0 Å². The molecule has 1 aliphatic heterocycles. The molecule has 16 heavy (non-hydrogen) atoms. The van der Waals surface area contributed by atoms with Gasteiger partial charge in [-0.2, -0.15) is 0 Å². The van der Waals surface area contributed by atoms with Crippen molar-refractivity contribution in [1.82, 2.24) is 9.88 Å². The quantitative estimate of drug-likeness (QED) is 0.814. The Bertz CT molecular complexity index is 414. The van der Waals surface area contributed by atoms with Crippen molar-refractivity contribution in [2.45, 2.75) is 12.3 Å². The molecule has 0 amide bonds. The highest BCUT2D eigenvalue weighted by Crippen LogP contribution is 2.28. The number of likely N-dealkylation sites (tertiary alicyclic amines) is 1. The first kappa shape index (κ1) is 11.3. The van der Waals surface area contributed by atoms with Crippen LogP contribution in [-0.2, 0) is 4.79 Å². The number of thiazole rings is 1. The first-order valence-corrected chi connectivity index (χ1v) is 6.08. The fourth-order valence-corrected chi connectivity index (χ4v) is 2.77. The third kappa shape index (κ3) is 2.68. The number of aliphatic carboxylic acids is 1. The maximum Gasteiger partial charge on any atom is 0.328 e. The summed E-state index contributed by atoms with van der Waals surface area (Å²) < 4.78 is 0. The minimum atomic E-state index is -0.935. The van der Waals surface area contributed by atoms with Crippen LogP contribution in [0.2, 0.25) is 0 Å². The van der Waals surface area contributed by atoms with Gasteiger partial charge in [0.05, 0.1) is 10.7 Å². The molecule has 1 aromatic rings. The lowest BCUT2D eigenvalue weighted by atomic mass is 10.1. The van der Waals surface area contributed by atoms with Gasteiger partial charge in [0.15, 0.2) is 0 Å². The van der Waals surface area contributed by atoms with E-state index in [1.165, 1.54) is 0 Å². The van der Waals surface area contributed by atoms with E-state index in [1.54, 1.807) is 17.4 Å². The van der Waals surface area contributed by atoms with Crippen LogP contribution in [0.5, 0.6) is 0 Å². The van der Waals surface area contributed by atoms with Gasteiger partial charge < -0.3 is 10.0 Å². The SMILES string of the molecule is CN1CCC(c2nc(/C=C/C(=O)O)cs2)C1. The molecule has 1 aromatic heterocycles. The number of carboxylic acids is 1. The number of carbonyl (C=O) groups is 1. The Hall–Kier alpha value is -1.20. The van der Waals surface area contributed by atoms with Crippen LogP contribution in [0, 0.1) is 0 Å². The Balaban J connectivity index is 2.05. The second kappa shape index (κ2) is 4.76. The molecular weight excluding hydrogens is 224 g/mol. The highest BCUT2D eigenvalue weighted by atomic mass is 32.1. The van der Waals surface area contributed by atoms with Crippen molar-refractivity contribution in [3.8, 4) is 0 Å². The molecule has 1 aliphatic rings. The fourth-order valence-electron chi connectivity index (χ4n) is 1.86. The van der Waals surface area contributed by atoms with Crippen LogP contribution >= 0.6 is 11.3 Å². The molecule has 5 heteroatoms. The van der Waals surface area contributed by atoms with Gasteiger partial charge in [-0.25, -0.2) is 9.78 Å². The maximum atomic E-state index is 10.4. The first-order chi connectivity index (χ1) is 7.65. The summed E-state index contributed by atoms with van der Waals surface area (Å²) in [6.45, 7) is 2.17. The largest absolute Gasteiger partial charge is 0.478 e. The predicted molar refractivity (Wildman–Crippen MR) is 63.6 cm³/mol. The van der Waals surface area contributed by atoms with Crippen molar-refractivity contribution in [2.24, 2.45) is 0 Å². The summed E-state index contributed by atoms with van der Waals surface area (Å²) in [6.07, 6.45) is 3.81. The molecule has 0 spiro atoms. The van der Waals surface area contributed by atoms with Gasteiger partial charge in [0.2, 0.25) is 0 Å². The van der Waals surface area contributed by atoms with Crippen LogP contribution in [0.4, 0.5) is 0 Å². The molecule has 0 saturated carbocycles. The van der Waals surface area contributed by atoms with Crippen molar-refractivity contribution in [3.63, 3.8) is 0 Å². The van der Waals surface area contributed by atoms with Crippen molar-refractivity contribution < 1.29 is 9.90 Å². The van der Waals surface area contributed by atoms with Gasteiger partial charge in [0, 0.05) is 23.9 Å². The zero-order chi connectivity index (χ0) is 11.5. The lowest BCUT2D eigenvalue weighted by Gasteiger charge is -2.06. The first-order valence-electron chi connectivity index (χ1n) is 5.20. The van der Waals surface area contributed by atoms with Crippen LogP contribution in [0.1, 0.15) is 23.0 Å². The standard InChI is InChI=1S/C11H14N2O2S/c1-13-5-4-8(6-13)11-12-9(7-16-11)2-3-10(14)15/h2-3,7-8H,4-6H2,1H3,(H,14,15)/b3-2+. The molecule has 0 bridgehead atoms. The van der Waals surface area contributed by atoms with Crippen molar-refractivity contribution >= 4 is 23.4 Å². The normalized spacial score (nSPS) is 21.9. The summed E-state index contributed by atoms with van der Waals surface area (Å²) in [5, 5.41) is 11.5. The van der Waals surface area contributed by atoms with E-state index in [2.05, 4.69) is 16.9 Å². The summed E-state index contributed by atoms with van der Waals surface area (Å²) in [7, 11) is 2.11. The number of hydrogen-bond acceptors (Lipinski definition) is 4. The molecule has 86 valence electrons. The molecule has 0 aromatic carbocycles. The Morgan fingerprint density at radius 1 is 1.75 bits per heavy atom. The molecule has 0 aliphatic carbocycles. The highest BCUT2D eigenvalue weighted by molar-refractivity contribution is 7.09. The zero-order valence-electron chi connectivity index (χ0n) is 9.09. The Morgan fingerprint density at radius 3 is 3.19 bits per heavy atom. The number of nitrogens with zero attached hydrogens (tertiary/aromatic N) is 2. The third-order valence-corrected chi connectivity index (χ3v) is 3.70. The van der Waals surface area contributed by atoms with E-state index < -0.39 is 5.97 Å². The minimum absolute atomic E-state index is 0.516. The third-order valence-electron chi connectivity index (χ3n) is 2.68. The van der Waals surface area contributed by atoms with Gasteiger partial charge in [-0.05, 0) is 26.1 Å². The van der Waals surface area contributed by atoms with Crippen LogP contribution in [0.25, 0.3) is 6.08 Å². The molecular formula is C11H14N2O2S. The molecule has 0 radical (unpaired) electrons. The van der Waals surface area contributed by atoms with Gasteiger partial charge >= 0.3 is 5.97 Å². The average Bonchev–Trinajstić information content (AvgIpc) is 2.83. The monoisotopic (exact) mass is 238 g/mol. The predicted octanol–water partition coefficient (Wildman–Crippen LogP) is 1.66. The zero-order valence-corrected chi connectivity index (χ0v) is 9.91. The molecule has 1 atom stereocenters. The summed E-state index contributed by atoms with van der Waals surface area (Å²) in [5.74, 6) is -0.419. The average molecular weight is 238 g/mol. The lowest BCUT2D eigenvalue weighted by Crippen LogP contribution is -2.13. The van der Waals surface area contributed by atoms with E-state index >= 15 is 0 Å². The van der Waals surface area contributed by atoms with Crippen LogP contribution < -0.4 is 0 Å². The lowest BCUT2D eigenvalue weighted by molar-refractivity contribution is -0.131. The van der Waals surface area contributed by atoms with E-state index in [4.69, 9.17) is 5.11 Å². The highest BCUT2D eigenvalue weighted by Gasteiger charge is 2.23. The van der Waals surface area contributed by atoms with Gasteiger partial charge in [-0.3, -0.25) is 0 Å². The summed E-state index contributed by atoms with van der Waals surface area (Å²) in [5.41, 5.74) is 0.747. The van der Waals surface area contributed by atoms with Gasteiger partial charge in [-0.15, -0.1) is 11.3 Å². The van der Waals surface area contributed by atoms with E-state index in [0.717, 1.165) is 36.3 Å². The Kier molecular flexibility index (Phi) is 3.36.